The molecule has 0 saturated carbocycles. The van der Waals surface area contributed by atoms with E-state index in [0.717, 1.165) is 18.6 Å². The van der Waals surface area contributed by atoms with E-state index in [1.165, 1.54) is 6.21 Å². The Labute approximate surface area is 140 Å². The molecular weight excluding hydrogens is 306 g/mol. The Bertz CT molecular complexity index is 717. The maximum Gasteiger partial charge on any atom is 0.271 e. The van der Waals surface area contributed by atoms with Crippen LogP contribution in [0.3, 0.4) is 0 Å². The topological polar surface area (TPSA) is 83.7 Å². The van der Waals surface area contributed by atoms with Gasteiger partial charge in [-0.3, -0.25) is 9.59 Å². The molecular formula is C18H21N3O3. The normalized spacial score (nSPS) is 10.8. The predicted molar refractivity (Wildman–Crippen MR) is 93.1 cm³/mol. The third-order valence-corrected chi connectivity index (χ3v) is 3.31. The largest absolute Gasteiger partial charge is 0.460 e. The van der Waals surface area contributed by atoms with Gasteiger partial charge in [-0.05, 0) is 49.7 Å². The predicted octanol–water partition coefficient (Wildman–Crippen LogP) is 3.48. The van der Waals surface area contributed by atoms with Gasteiger partial charge in [-0.15, -0.1) is 0 Å². The molecule has 0 saturated heterocycles. The number of nitrogens with zero attached hydrogens (tertiary/aromatic N) is 1. The van der Waals surface area contributed by atoms with Gasteiger partial charge in [-0.1, -0.05) is 13.3 Å². The molecule has 126 valence electrons. The summed E-state index contributed by atoms with van der Waals surface area (Å²) in [5.74, 6) is 0.989. The van der Waals surface area contributed by atoms with E-state index in [1.54, 1.807) is 30.3 Å². The fourth-order valence-electron chi connectivity index (χ4n) is 2.01. The van der Waals surface area contributed by atoms with E-state index in [1.807, 2.05) is 19.9 Å². The van der Waals surface area contributed by atoms with Gasteiger partial charge in [0.25, 0.3) is 5.91 Å². The smallest absolute Gasteiger partial charge is 0.271 e. The second-order valence-electron chi connectivity index (χ2n) is 5.38. The van der Waals surface area contributed by atoms with Crippen LogP contribution in [-0.4, -0.2) is 18.0 Å². The molecule has 0 fully saturated rings. The summed E-state index contributed by atoms with van der Waals surface area (Å²) in [5, 5.41) is 6.64. The van der Waals surface area contributed by atoms with E-state index in [9.17, 15) is 9.59 Å². The molecule has 0 atom stereocenters. The SMILES string of the molecule is CCCCC(=O)Nc1ccc(C(=O)NN=Cc2ccc(C)o2)cc1. The zero-order chi connectivity index (χ0) is 17.4. The van der Waals surface area contributed by atoms with Crippen LogP contribution in [0.5, 0.6) is 0 Å². The Morgan fingerprint density at radius 1 is 1.17 bits per heavy atom. The molecule has 2 rings (SSSR count). The number of carbonyl (C=O) groups is 2. The minimum absolute atomic E-state index is 0.0209. The Morgan fingerprint density at radius 2 is 1.92 bits per heavy atom. The van der Waals surface area contributed by atoms with E-state index in [4.69, 9.17) is 4.42 Å². The summed E-state index contributed by atoms with van der Waals surface area (Å²) in [7, 11) is 0. The highest BCUT2D eigenvalue weighted by molar-refractivity contribution is 5.96. The van der Waals surface area contributed by atoms with Crippen molar-refractivity contribution in [3.8, 4) is 0 Å². The number of hydrogen-bond acceptors (Lipinski definition) is 4. The first-order valence-electron chi connectivity index (χ1n) is 7.88. The highest BCUT2D eigenvalue weighted by Crippen LogP contribution is 2.10. The third-order valence-electron chi connectivity index (χ3n) is 3.31. The molecule has 2 amide bonds. The summed E-state index contributed by atoms with van der Waals surface area (Å²) in [4.78, 5) is 23.6. The molecule has 6 nitrogen and oxygen atoms in total. The van der Waals surface area contributed by atoms with E-state index in [0.29, 0.717) is 23.4 Å². The number of anilines is 1. The van der Waals surface area contributed by atoms with Gasteiger partial charge in [0.15, 0.2) is 0 Å². The van der Waals surface area contributed by atoms with Crippen LogP contribution in [0.25, 0.3) is 0 Å². The molecule has 0 bridgehead atoms. The van der Waals surface area contributed by atoms with Gasteiger partial charge < -0.3 is 9.73 Å². The second kappa shape index (κ2) is 8.67. The summed E-state index contributed by atoms with van der Waals surface area (Å²) in [6.45, 7) is 3.87. The lowest BCUT2D eigenvalue weighted by Gasteiger charge is -2.05. The Kier molecular flexibility index (Phi) is 6.31. The number of aryl methyl sites for hydroxylation is 1. The summed E-state index contributed by atoms with van der Waals surface area (Å²) < 4.78 is 5.31. The van der Waals surface area contributed by atoms with E-state index < -0.39 is 0 Å². The first-order chi connectivity index (χ1) is 11.6. The van der Waals surface area contributed by atoms with Crippen molar-refractivity contribution >= 4 is 23.7 Å². The number of amides is 2. The van der Waals surface area contributed by atoms with Gasteiger partial charge in [-0.2, -0.15) is 5.10 Å². The molecule has 2 N–H and O–H groups in total. The van der Waals surface area contributed by atoms with E-state index >= 15 is 0 Å². The van der Waals surface area contributed by atoms with Gasteiger partial charge in [0, 0.05) is 17.7 Å². The van der Waals surface area contributed by atoms with Crippen LogP contribution in [-0.2, 0) is 4.79 Å². The Balaban J connectivity index is 1.86. The average molecular weight is 327 g/mol. The Morgan fingerprint density at radius 3 is 2.54 bits per heavy atom. The summed E-state index contributed by atoms with van der Waals surface area (Å²) >= 11 is 0. The van der Waals surface area contributed by atoms with Crippen LogP contribution in [0.1, 0.15) is 48.1 Å². The quantitative estimate of drug-likeness (QED) is 0.603. The van der Waals surface area contributed by atoms with Gasteiger partial charge in [0.1, 0.15) is 11.5 Å². The minimum Gasteiger partial charge on any atom is -0.460 e. The van der Waals surface area contributed by atoms with Crippen molar-refractivity contribution in [2.75, 3.05) is 5.32 Å². The van der Waals surface area contributed by atoms with Crippen molar-refractivity contribution in [2.45, 2.75) is 33.1 Å². The minimum atomic E-state index is -0.335. The van der Waals surface area contributed by atoms with Crippen LogP contribution in [0.15, 0.2) is 45.9 Å². The fourth-order valence-corrected chi connectivity index (χ4v) is 2.01. The molecule has 0 unspecified atom stereocenters. The molecule has 1 aromatic heterocycles. The number of rotatable bonds is 7. The molecule has 2 aromatic rings. The number of hydrogen-bond donors (Lipinski definition) is 2. The van der Waals surface area contributed by atoms with Gasteiger partial charge in [-0.25, -0.2) is 5.43 Å². The molecule has 1 aromatic carbocycles. The van der Waals surface area contributed by atoms with Gasteiger partial charge in [0.2, 0.25) is 5.91 Å². The van der Waals surface area contributed by atoms with Crippen LogP contribution in [0, 0.1) is 6.92 Å². The number of carbonyl (C=O) groups excluding carboxylic acids is 2. The second-order valence-corrected chi connectivity index (χ2v) is 5.38. The monoisotopic (exact) mass is 327 g/mol. The molecule has 0 aliphatic heterocycles. The van der Waals surface area contributed by atoms with Crippen LogP contribution in [0.2, 0.25) is 0 Å². The number of benzene rings is 1. The standard InChI is InChI=1S/C18H21N3O3/c1-3-4-5-17(22)20-15-9-7-14(8-10-15)18(23)21-19-12-16-11-6-13(2)24-16/h6-12H,3-5H2,1-2H3,(H,20,22)(H,21,23). The summed E-state index contributed by atoms with van der Waals surface area (Å²) in [5.41, 5.74) is 3.55. The van der Waals surface area contributed by atoms with Crippen LogP contribution < -0.4 is 10.7 Å². The zero-order valence-electron chi connectivity index (χ0n) is 13.8. The zero-order valence-corrected chi connectivity index (χ0v) is 13.8. The van der Waals surface area contributed by atoms with Crippen molar-refractivity contribution in [2.24, 2.45) is 5.10 Å². The van der Waals surface area contributed by atoms with Gasteiger partial charge in [0.05, 0.1) is 6.21 Å². The highest BCUT2D eigenvalue weighted by atomic mass is 16.3. The van der Waals surface area contributed by atoms with E-state index in [2.05, 4.69) is 15.8 Å². The molecule has 0 aliphatic rings. The molecule has 0 radical (unpaired) electrons. The molecule has 0 spiro atoms. The molecule has 6 heteroatoms. The van der Waals surface area contributed by atoms with Crippen LogP contribution >= 0.6 is 0 Å². The van der Waals surface area contributed by atoms with E-state index in [-0.39, 0.29) is 11.8 Å². The summed E-state index contributed by atoms with van der Waals surface area (Å²) in [6.07, 6.45) is 3.77. The van der Waals surface area contributed by atoms with Crippen molar-refractivity contribution in [3.05, 3.63) is 53.5 Å². The third kappa shape index (κ3) is 5.39. The number of unbranched alkanes of at least 4 members (excludes halogenated alkanes) is 1. The number of furan rings is 1. The number of nitrogens with one attached hydrogen (secondary N) is 2. The molecule has 24 heavy (non-hydrogen) atoms. The highest BCUT2D eigenvalue weighted by Gasteiger charge is 2.06. The first-order valence-corrected chi connectivity index (χ1v) is 7.88. The lowest BCUT2D eigenvalue weighted by atomic mass is 10.2. The summed E-state index contributed by atoms with van der Waals surface area (Å²) in [6, 6.07) is 10.2. The van der Waals surface area contributed by atoms with Crippen molar-refractivity contribution in [3.63, 3.8) is 0 Å². The van der Waals surface area contributed by atoms with Crippen molar-refractivity contribution in [1.82, 2.24) is 5.43 Å². The lowest BCUT2D eigenvalue weighted by molar-refractivity contribution is -0.116. The van der Waals surface area contributed by atoms with Crippen LogP contribution in [0.4, 0.5) is 5.69 Å². The molecule has 1 heterocycles. The van der Waals surface area contributed by atoms with Crippen molar-refractivity contribution < 1.29 is 14.0 Å². The first kappa shape index (κ1) is 17.5. The lowest BCUT2D eigenvalue weighted by Crippen LogP contribution is -2.17. The van der Waals surface area contributed by atoms with Gasteiger partial charge >= 0.3 is 0 Å². The average Bonchev–Trinajstić information content (AvgIpc) is 2.99. The number of hydrazone groups is 1. The fraction of sp³-hybridized carbons (Fsp3) is 0.278. The molecule has 0 aliphatic carbocycles. The Hall–Kier alpha value is -2.89. The maximum absolute atomic E-state index is 12.0. The van der Waals surface area contributed by atoms with Crippen molar-refractivity contribution in [1.29, 1.82) is 0 Å². The maximum atomic E-state index is 12.0.